The van der Waals surface area contributed by atoms with Crippen LogP contribution in [0.2, 0.25) is 0 Å². The van der Waals surface area contributed by atoms with Gasteiger partial charge in [-0.15, -0.1) is 0 Å². The third kappa shape index (κ3) is 4.97. The Balaban J connectivity index is 2.59. The van der Waals surface area contributed by atoms with E-state index in [-0.39, 0.29) is 12.5 Å². The number of hydrogen-bond acceptors (Lipinski definition) is 3. The molecule has 0 heterocycles. The molecule has 0 aromatic heterocycles. The van der Waals surface area contributed by atoms with Crippen LogP contribution in [0.4, 0.5) is 5.69 Å². The predicted octanol–water partition coefficient (Wildman–Crippen LogP) is 1.77. The maximum Gasteiger partial charge on any atom is 0.250 e. The molecule has 0 saturated heterocycles. The molecular formula is C13H20N2O2. The maximum absolute atomic E-state index is 11.5. The van der Waals surface area contributed by atoms with Gasteiger partial charge in [-0.3, -0.25) is 4.79 Å². The number of ether oxygens (including phenoxy) is 1. The summed E-state index contributed by atoms with van der Waals surface area (Å²) in [5, 5.41) is 6.09. The van der Waals surface area contributed by atoms with Gasteiger partial charge in [0.2, 0.25) is 5.91 Å². The molecule has 94 valence electrons. The summed E-state index contributed by atoms with van der Waals surface area (Å²) in [6, 6.07) is 7.77. The van der Waals surface area contributed by atoms with Crippen molar-refractivity contribution < 1.29 is 9.53 Å². The minimum atomic E-state index is -0.115. The Kier molecular flexibility index (Phi) is 6.29. The molecule has 0 saturated carbocycles. The van der Waals surface area contributed by atoms with E-state index < -0.39 is 0 Å². The van der Waals surface area contributed by atoms with E-state index in [4.69, 9.17) is 4.74 Å². The summed E-state index contributed by atoms with van der Waals surface area (Å²) in [5.41, 5.74) is 1.93. The smallest absolute Gasteiger partial charge is 0.250 e. The van der Waals surface area contributed by atoms with Crippen molar-refractivity contribution in [3.63, 3.8) is 0 Å². The zero-order valence-electron chi connectivity index (χ0n) is 10.5. The minimum absolute atomic E-state index is 0.103. The Bertz CT molecular complexity index is 353. The van der Waals surface area contributed by atoms with Gasteiger partial charge in [0.1, 0.15) is 6.61 Å². The largest absolute Gasteiger partial charge is 0.372 e. The number of benzene rings is 1. The third-order valence-corrected chi connectivity index (χ3v) is 2.29. The second-order valence-corrected chi connectivity index (χ2v) is 3.62. The summed E-state index contributed by atoms with van der Waals surface area (Å²) in [6.45, 7) is 6.23. The maximum atomic E-state index is 11.5. The quantitative estimate of drug-likeness (QED) is 0.758. The lowest BCUT2D eigenvalue weighted by Crippen LogP contribution is -2.20. The molecule has 0 spiro atoms. The zero-order chi connectivity index (χ0) is 12.5. The summed E-state index contributed by atoms with van der Waals surface area (Å²) >= 11 is 0. The molecule has 0 aliphatic carbocycles. The van der Waals surface area contributed by atoms with E-state index in [1.165, 1.54) is 0 Å². The van der Waals surface area contributed by atoms with Crippen LogP contribution in [0, 0.1) is 0 Å². The fourth-order valence-electron chi connectivity index (χ4n) is 1.44. The highest BCUT2D eigenvalue weighted by Crippen LogP contribution is 2.14. The number of carbonyl (C=O) groups is 1. The third-order valence-electron chi connectivity index (χ3n) is 2.29. The SMILES string of the molecule is CCNCc1ccccc1NC(=O)COCC. The molecule has 0 atom stereocenters. The monoisotopic (exact) mass is 236 g/mol. The molecule has 1 aromatic carbocycles. The number of amides is 1. The second-order valence-electron chi connectivity index (χ2n) is 3.62. The molecule has 0 aliphatic rings. The standard InChI is InChI=1S/C13H20N2O2/c1-3-14-9-11-7-5-6-8-12(11)15-13(16)10-17-4-2/h5-8,14H,3-4,9-10H2,1-2H3,(H,15,16). The van der Waals surface area contributed by atoms with E-state index in [0.29, 0.717) is 6.61 Å². The Hall–Kier alpha value is -1.39. The van der Waals surface area contributed by atoms with Gasteiger partial charge in [0, 0.05) is 18.8 Å². The first-order valence-corrected chi connectivity index (χ1v) is 5.94. The number of nitrogens with one attached hydrogen (secondary N) is 2. The van der Waals surface area contributed by atoms with Crippen molar-refractivity contribution >= 4 is 11.6 Å². The normalized spacial score (nSPS) is 10.2. The molecule has 2 N–H and O–H groups in total. The van der Waals surface area contributed by atoms with Crippen LogP contribution in [-0.4, -0.2) is 25.7 Å². The van der Waals surface area contributed by atoms with Gasteiger partial charge in [-0.2, -0.15) is 0 Å². The van der Waals surface area contributed by atoms with Crippen LogP contribution in [0.5, 0.6) is 0 Å². The molecular weight excluding hydrogens is 216 g/mol. The van der Waals surface area contributed by atoms with Crippen LogP contribution < -0.4 is 10.6 Å². The highest BCUT2D eigenvalue weighted by Gasteiger charge is 2.05. The molecule has 17 heavy (non-hydrogen) atoms. The summed E-state index contributed by atoms with van der Waals surface area (Å²) in [4.78, 5) is 11.5. The van der Waals surface area contributed by atoms with E-state index in [1.807, 2.05) is 31.2 Å². The van der Waals surface area contributed by atoms with E-state index in [2.05, 4.69) is 17.6 Å². The average molecular weight is 236 g/mol. The lowest BCUT2D eigenvalue weighted by Gasteiger charge is -2.11. The molecule has 0 bridgehead atoms. The lowest BCUT2D eigenvalue weighted by atomic mass is 10.1. The van der Waals surface area contributed by atoms with Crippen molar-refractivity contribution in [2.75, 3.05) is 25.1 Å². The van der Waals surface area contributed by atoms with Gasteiger partial charge in [0.25, 0.3) is 0 Å². The highest BCUT2D eigenvalue weighted by molar-refractivity contribution is 5.92. The zero-order valence-corrected chi connectivity index (χ0v) is 10.5. The summed E-state index contributed by atoms with van der Waals surface area (Å²) < 4.78 is 5.06. The van der Waals surface area contributed by atoms with Gasteiger partial charge in [0.05, 0.1) is 0 Å². The molecule has 0 unspecified atom stereocenters. The summed E-state index contributed by atoms with van der Waals surface area (Å²) in [5.74, 6) is -0.115. The van der Waals surface area contributed by atoms with Gasteiger partial charge >= 0.3 is 0 Å². The first-order chi connectivity index (χ1) is 8.27. The lowest BCUT2D eigenvalue weighted by molar-refractivity contribution is -0.120. The second kappa shape index (κ2) is 7.81. The van der Waals surface area contributed by atoms with Crippen LogP contribution >= 0.6 is 0 Å². The van der Waals surface area contributed by atoms with Crippen molar-refractivity contribution in [3.8, 4) is 0 Å². The molecule has 0 fully saturated rings. The topological polar surface area (TPSA) is 50.4 Å². The van der Waals surface area contributed by atoms with Crippen LogP contribution in [0.3, 0.4) is 0 Å². The van der Waals surface area contributed by atoms with Gasteiger partial charge < -0.3 is 15.4 Å². The van der Waals surface area contributed by atoms with Crippen LogP contribution in [0.1, 0.15) is 19.4 Å². The van der Waals surface area contributed by atoms with Crippen molar-refractivity contribution in [2.24, 2.45) is 0 Å². The van der Waals surface area contributed by atoms with E-state index >= 15 is 0 Å². The Morgan fingerprint density at radius 1 is 1.29 bits per heavy atom. The van der Waals surface area contributed by atoms with E-state index in [1.54, 1.807) is 0 Å². The summed E-state index contributed by atoms with van der Waals surface area (Å²) in [7, 11) is 0. The van der Waals surface area contributed by atoms with Crippen molar-refractivity contribution in [2.45, 2.75) is 20.4 Å². The molecule has 1 rings (SSSR count). The Morgan fingerprint density at radius 3 is 2.76 bits per heavy atom. The van der Waals surface area contributed by atoms with Gasteiger partial charge in [-0.1, -0.05) is 25.1 Å². The van der Waals surface area contributed by atoms with Crippen molar-refractivity contribution in [3.05, 3.63) is 29.8 Å². The highest BCUT2D eigenvalue weighted by atomic mass is 16.5. The van der Waals surface area contributed by atoms with Crippen molar-refractivity contribution in [1.29, 1.82) is 0 Å². The number of hydrogen-bond donors (Lipinski definition) is 2. The van der Waals surface area contributed by atoms with Gasteiger partial charge in [-0.05, 0) is 25.1 Å². The van der Waals surface area contributed by atoms with E-state index in [9.17, 15) is 4.79 Å². The van der Waals surface area contributed by atoms with Crippen LogP contribution in [0.25, 0.3) is 0 Å². The molecule has 4 heteroatoms. The Labute approximate surface area is 102 Å². The number of anilines is 1. The fourth-order valence-corrected chi connectivity index (χ4v) is 1.44. The van der Waals surface area contributed by atoms with Crippen LogP contribution in [-0.2, 0) is 16.1 Å². The number of para-hydroxylation sites is 1. The van der Waals surface area contributed by atoms with Gasteiger partial charge in [0.15, 0.2) is 0 Å². The molecule has 1 amide bonds. The number of carbonyl (C=O) groups excluding carboxylic acids is 1. The molecule has 0 radical (unpaired) electrons. The molecule has 1 aromatic rings. The first-order valence-electron chi connectivity index (χ1n) is 5.94. The first kappa shape index (κ1) is 13.7. The fraction of sp³-hybridized carbons (Fsp3) is 0.462. The Morgan fingerprint density at radius 2 is 2.06 bits per heavy atom. The molecule has 4 nitrogen and oxygen atoms in total. The summed E-state index contributed by atoms with van der Waals surface area (Å²) in [6.07, 6.45) is 0. The number of rotatable bonds is 7. The van der Waals surface area contributed by atoms with E-state index in [0.717, 1.165) is 24.3 Å². The van der Waals surface area contributed by atoms with Crippen molar-refractivity contribution in [1.82, 2.24) is 5.32 Å². The van der Waals surface area contributed by atoms with Crippen LogP contribution in [0.15, 0.2) is 24.3 Å². The predicted molar refractivity (Wildman–Crippen MR) is 68.9 cm³/mol. The molecule has 0 aliphatic heterocycles. The minimum Gasteiger partial charge on any atom is -0.372 e. The van der Waals surface area contributed by atoms with Gasteiger partial charge in [-0.25, -0.2) is 0 Å². The average Bonchev–Trinajstić information content (AvgIpc) is 2.35.